The third kappa shape index (κ3) is 3.79. The largest absolute Gasteiger partial charge is 0.378 e. The van der Waals surface area contributed by atoms with E-state index in [4.69, 9.17) is 10.5 Å². The van der Waals surface area contributed by atoms with Gasteiger partial charge in [-0.15, -0.1) is 0 Å². The van der Waals surface area contributed by atoms with Gasteiger partial charge in [0, 0.05) is 23.7 Å². The summed E-state index contributed by atoms with van der Waals surface area (Å²) in [5, 5.41) is 0. The lowest BCUT2D eigenvalue weighted by Crippen LogP contribution is -2.41. The second-order valence-corrected chi connectivity index (χ2v) is 7.53. The van der Waals surface area contributed by atoms with E-state index in [1.54, 1.807) is 18.2 Å². The van der Waals surface area contributed by atoms with Crippen molar-refractivity contribution in [3.63, 3.8) is 0 Å². The number of ether oxygens (including phenoxy) is 1. The molecular formula is C13H19BrN2O3S. The van der Waals surface area contributed by atoms with Crippen LogP contribution in [-0.4, -0.2) is 27.2 Å². The van der Waals surface area contributed by atoms with Gasteiger partial charge in [0.05, 0.1) is 11.0 Å². The molecule has 1 fully saturated rings. The molecule has 0 saturated carbocycles. The summed E-state index contributed by atoms with van der Waals surface area (Å²) >= 11 is 3.29. The lowest BCUT2D eigenvalue weighted by molar-refractivity contribution is 0.0173. The molecule has 0 aromatic heterocycles. The molecule has 1 heterocycles. The van der Waals surface area contributed by atoms with Gasteiger partial charge in [-0.3, -0.25) is 0 Å². The first kappa shape index (κ1) is 15.9. The minimum atomic E-state index is -3.55. The van der Waals surface area contributed by atoms with Crippen molar-refractivity contribution >= 4 is 26.0 Å². The normalized spacial score (nSPS) is 23.8. The number of rotatable bonds is 4. The molecule has 2 unspecified atom stereocenters. The molecule has 2 atom stereocenters. The van der Waals surface area contributed by atoms with Crippen LogP contribution in [0.3, 0.4) is 0 Å². The Labute approximate surface area is 128 Å². The third-order valence-electron chi connectivity index (χ3n) is 3.33. The average molecular weight is 363 g/mol. The van der Waals surface area contributed by atoms with Crippen LogP contribution in [-0.2, 0) is 21.3 Å². The molecule has 0 aliphatic carbocycles. The molecule has 3 N–H and O–H groups in total. The first-order chi connectivity index (χ1) is 9.42. The van der Waals surface area contributed by atoms with Crippen molar-refractivity contribution < 1.29 is 13.2 Å². The molecule has 20 heavy (non-hydrogen) atoms. The molecule has 112 valence electrons. The summed E-state index contributed by atoms with van der Waals surface area (Å²) in [6, 6.07) is 5.04. The molecular weight excluding hydrogens is 344 g/mol. The molecule has 7 heteroatoms. The maximum Gasteiger partial charge on any atom is 0.241 e. The van der Waals surface area contributed by atoms with Crippen molar-refractivity contribution in [2.75, 3.05) is 6.61 Å². The zero-order valence-electron chi connectivity index (χ0n) is 11.3. The molecule has 1 aliphatic rings. The maximum absolute atomic E-state index is 12.5. The Morgan fingerprint density at radius 3 is 2.90 bits per heavy atom. The highest BCUT2D eigenvalue weighted by atomic mass is 79.9. The second kappa shape index (κ2) is 6.53. The zero-order chi connectivity index (χ0) is 14.8. The topological polar surface area (TPSA) is 81.4 Å². The summed E-state index contributed by atoms with van der Waals surface area (Å²) in [7, 11) is -3.55. The Morgan fingerprint density at radius 1 is 1.50 bits per heavy atom. The van der Waals surface area contributed by atoms with Crippen LogP contribution in [0.1, 0.15) is 25.3 Å². The predicted molar refractivity (Wildman–Crippen MR) is 80.8 cm³/mol. The quantitative estimate of drug-likeness (QED) is 0.854. The lowest BCUT2D eigenvalue weighted by Gasteiger charge is -2.27. The van der Waals surface area contributed by atoms with Crippen molar-refractivity contribution in [1.29, 1.82) is 0 Å². The van der Waals surface area contributed by atoms with Gasteiger partial charge < -0.3 is 10.5 Å². The fourth-order valence-electron chi connectivity index (χ4n) is 2.27. The van der Waals surface area contributed by atoms with E-state index in [1.165, 1.54) is 0 Å². The van der Waals surface area contributed by atoms with Gasteiger partial charge in [-0.25, -0.2) is 13.1 Å². The minimum absolute atomic E-state index is 0.0790. The number of halogens is 1. The molecule has 2 rings (SSSR count). The number of nitrogens with one attached hydrogen (secondary N) is 1. The van der Waals surface area contributed by atoms with Crippen molar-refractivity contribution in [3.8, 4) is 0 Å². The summed E-state index contributed by atoms with van der Waals surface area (Å²) in [6.45, 7) is 2.84. The van der Waals surface area contributed by atoms with Crippen LogP contribution in [0.4, 0.5) is 0 Å². The Balaban J connectivity index is 2.21. The van der Waals surface area contributed by atoms with E-state index in [-0.39, 0.29) is 17.0 Å². The Morgan fingerprint density at radius 2 is 2.25 bits per heavy atom. The fraction of sp³-hybridized carbons (Fsp3) is 0.538. The molecule has 5 nitrogen and oxygen atoms in total. The van der Waals surface area contributed by atoms with E-state index in [0.717, 1.165) is 5.56 Å². The predicted octanol–water partition coefficient (Wildman–Crippen LogP) is 1.75. The van der Waals surface area contributed by atoms with Crippen LogP contribution in [0.5, 0.6) is 0 Å². The summed E-state index contributed by atoms with van der Waals surface area (Å²) in [4.78, 5) is 0.236. The van der Waals surface area contributed by atoms with E-state index < -0.39 is 10.0 Å². The Hall–Kier alpha value is -0.470. The summed E-state index contributed by atoms with van der Waals surface area (Å²) < 4.78 is 33.7. The minimum Gasteiger partial charge on any atom is -0.378 e. The van der Waals surface area contributed by atoms with Crippen LogP contribution >= 0.6 is 15.9 Å². The average Bonchev–Trinajstić information content (AvgIpc) is 2.38. The first-order valence-electron chi connectivity index (χ1n) is 6.55. The van der Waals surface area contributed by atoms with Crippen LogP contribution < -0.4 is 10.5 Å². The maximum atomic E-state index is 12.5. The van der Waals surface area contributed by atoms with Gasteiger partial charge in [-0.05, 0) is 53.4 Å². The van der Waals surface area contributed by atoms with Crippen molar-refractivity contribution in [2.45, 2.75) is 43.4 Å². The van der Waals surface area contributed by atoms with Crippen LogP contribution in [0, 0.1) is 0 Å². The highest BCUT2D eigenvalue weighted by Gasteiger charge is 2.26. The van der Waals surface area contributed by atoms with Gasteiger partial charge in [0.15, 0.2) is 0 Å². The molecule has 0 radical (unpaired) electrons. The van der Waals surface area contributed by atoms with Gasteiger partial charge >= 0.3 is 0 Å². The van der Waals surface area contributed by atoms with E-state index in [0.29, 0.717) is 30.5 Å². The van der Waals surface area contributed by atoms with E-state index >= 15 is 0 Å². The molecule has 0 amide bonds. The molecule has 1 aliphatic heterocycles. The van der Waals surface area contributed by atoms with Gasteiger partial charge in [-0.2, -0.15) is 0 Å². The Bertz CT molecular complexity index is 577. The van der Waals surface area contributed by atoms with E-state index in [2.05, 4.69) is 20.7 Å². The number of hydrogen-bond donors (Lipinski definition) is 2. The highest BCUT2D eigenvalue weighted by molar-refractivity contribution is 9.10. The lowest BCUT2D eigenvalue weighted by atomic mass is 10.1. The van der Waals surface area contributed by atoms with Crippen molar-refractivity contribution in [2.24, 2.45) is 5.73 Å². The van der Waals surface area contributed by atoms with Crippen molar-refractivity contribution in [1.82, 2.24) is 4.72 Å². The number of nitrogens with two attached hydrogens (primary N) is 1. The summed E-state index contributed by atoms with van der Waals surface area (Å²) in [5.74, 6) is 0. The number of sulfonamides is 1. The first-order valence-corrected chi connectivity index (χ1v) is 8.82. The van der Waals surface area contributed by atoms with E-state index in [9.17, 15) is 8.42 Å². The van der Waals surface area contributed by atoms with Crippen molar-refractivity contribution in [3.05, 3.63) is 28.2 Å². The standard InChI is InChI=1S/C13H19BrN2O3S/c1-9-6-11(4-5-19-9)16-20(17,18)13-7-10(8-15)2-3-12(13)14/h2-3,7,9,11,16H,4-6,8,15H2,1H3. The van der Waals surface area contributed by atoms with Gasteiger partial charge in [0.25, 0.3) is 0 Å². The zero-order valence-corrected chi connectivity index (χ0v) is 13.7. The second-order valence-electron chi connectivity index (χ2n) is 4.99. The molecule has 1 aromatic rings. The van der Waals surface area contributed by atoms with Crippen LogP contribution in [0.15, 0.2) is 27.6 Å². The van der Waals surface area contributed by atoms with E-state index in [1.807, 2.05) is 6.92 Å². The highest BCUT2D eigenvalue weighted by Crippen LogP contribution is 2.24. The number of benzene rings is 1. The summed E-state index contributed by atoms with van der Waals surface area (Å²) in [6.07, 6.45) is 1.46. The van der Waals surface area contributed by atoms with Crippen LogP contribution in [0.25, 0.3) is 0 Å². The Kier molecular flexibility index (Phi) is 5.19. The fourth-order valence-corrected chi connectivity index (χ4v) is 4.57. The third-order valence-corrected chi connectivity index (χ3v) is 5.84. The number of hydrogen-bond acceptors (Lipinski definition) is 4. The summed E-state index contributed by atoms with van der Waals surface area (Å²) in [5.41, 5.74) is 6.35. The molecule has 1 aromatic carbocycles. The van der Waals surface area contributed by atoms with Gasteiger partial charge in [0.1, 0.15) is 0 Å². The smallest absolute Gasteiger partial charge is 0.241 e. The SMILES string of the molecule is CC1CC(NS(=O)(=O)c2cc(CN)ccc2Br)CCO1. The van der Waals surface area contributed by atoms with Gasteiger partial charge in [0.2, 0.25) is 10.0 Å². The molecule has 0 bridgehead atoms. The molecule has 1 saturated heterocycles. The monoisotopic (exact) mass is 362 g/mol. The van der Waals surface area contributed by atoms with Crippen LogP contribution in [0.2, 0.25) is 0 Å². The molecule has 0 spiro atoms. The van der Waals surface area contributed by atoms with Gasteiger partial charge in [-0.1, -0.05) is 6.07 Å².